The minimum absolute atomic E-state index is 0.443. The molecule has 1 aromatic carbocycles. The van der Waals surface area contributed by atoms with Gasteiger partial charge in [-0.1, -0.05) is 31.5 Å². The molecule has 27 heavy (non-hydrogen) atoms. The van der Waals surface area contributed by atoms with E-state index in [0.29, 0.717) is 35.9 Å². The van der Waals surface area contributed by atoms with Crippen molar-refractivity contribution in [1.29, 1.82) is 0 Å². The lowest BCUT2D eigenvalue weighted by molar-refractivity contribution is 0.228. The molecule has 0 aliphatic carbocycles. The number of nitrogens with two attached hydrogens (primary N) is 1. The van der Waals surface area contributed by atoms with Crippen LogP contribution in [0.1, 0.15) is 25.8 Å². The molecule has 0 spiro atoms. The van der Waals surface area contributed by atoms with Gasteiger partial charge in [0.1, 0.15) is 0 Å². The fourth-order valence-electron chi connectivity index (χ4n) is 3.31. The van der Waals surface area contributed by atoms with Crippen LogP contribution in [0.5, 0.6) is 5.88 Å². The molecule has 2 unspecified atom stereocenters. The molecular formula is C22H26ClN3O. The van der Waals surface area contributed by atoms with Crippen molar-refractivity contribution in [2.45, 2.75) is 27.2 Å². The highest BCUT2D eigenvalue weighted by atomic mass is 35.5. The molecule has 0 bridgehead atoms. The zero-order valence-electron chi connectivity index (χ0n) is 16.1. The summed E-state index contributed by atoms with van der Waals surface area (Å²) in [5.74, 6) is 1.64. The molecule has 2 N–H and O–H groups in total. The van der Waals surface area contributed by atoms with E-state index >= 15 is 0 Å². The van der Waals surface area contributed by atoms with Crippen molar-refractivity contribution in [2.24, 2.45) is 17.6 Å². The third-order valence-electron chi connectivity index (χ3n) is 4.76. The van der Waals surface area contributed by atoms with E-state index in [1.165, 1.54) is 0 Å². The maximum Gasteiger partial charge on any atom is 0.216 e. The Balaban J connectivity index is 1.79. The summed E-state index contributed by atoms with van der Waals surface area (Å²) in [7, 11) is 0. The smallest absolute Gasteiger partial charge is 0.216 e. The van der Waals surface area contributed by atoms with Crippen molar-refractivity contribution in [3.05, 3.63) is 53.3 Å². The van der Waals surface area contributed by atoms with Gasteiger partial charge in [0.25, 0.3) is 0 Å². The number of hydrogen-bond donors (Lipinski definition) is 1. The van der Waals surface area contributed by atoms with Crippen LogP contribution in [0, 0.1) is 18.8 Å². The van der Waals surface area contributed by atoms with E-state index in [1.54, 1.807) is 6.20 Å². The summed E-state index contributed by atoms with van der Waals surface area (Å²) in [6.07, 6.45) is 4.71. The van der Waals surface area contributed by atoms with Crippen LogP contribution < -0.4 is 10.5 Å². The molecule has 3 aromatic rings. The van der Waals surface area contributed by atoms with Crippen molar-refractivity contribution in [3.8, 4) is 17.0 Å². The highest BCUT2D eigenvalue weighted by molar-refractivity contribution is 6.31. The minimum atomic E-state index is 0.443. The zero-order valence-corrected chi connectivity index (χ0v) is 16.8. The van der Waals surface area contributed by atoms with Gasteiger partial charge >= 0.3 is 0 Å². The fourth-order valence-corrected chi connectivity index (χ4v) is 3.47. The van der Waals surface area contributed by atoms with E-state index in [0.717, 1.165) is 34.0 Å². The van der Waals surface area contributed by atoms with E-state index in [1.807, 2.05) is 37.4 Å². The van der Waals surface area contributed by atoms with Crippen LogP contribution in [0.4, 0.5) is 0 Å². The molecule has 0 aliphatic heterocycles. The van der Waals surface area contributed by atoms with Crippen molar-refractivity contribution >= 4 is 22.5 Å². The number of halogens is 1. The van der Waals surface area contributed by atoms with Crippen molar-refractivity contribution in [2.75, 3.05) is 13.2 Å². The number of hydrogen-bond acceptors (Lipinski definition) is 4. The molecule has 3 rings (SSSR count). The molecule has 0 radical (unpaired) electrons. The summed E-state index contributed by atoms with van der Waals surface area (Å²) >= 11 is 6.09. The van der Waals surface area contributed by atoms with E-state index in [2.05, 4.69) is 29.9 Å². The van der Waals surface area contributed by atoms with E-state index in [4.69, 9.17) is 22.1 Å². The largest absolute Gasteiger partial charge is 0.477 e. The van der Waals surface area contributed by atoms with Crippen LogP contribution in [0.2, 0.25) is 5.02 Å². The molecule has 0 saturated carbocycles. The standard InChI is InChI=1S/C22H26ClN3O/c1-14(11-24)8-15(2)13-27-22-16(3)9-17(12-26-22)19-6-7-25-21-10-18(23)4-5-20(19)21/h4-7,9-10,12,14-15H,8,11,13,24H2,1-3H3. The highest BCUT2D eigenvalue weighted by Gasteiger charge is 2.12. The van der Waals surface area contributed by atoms with Gasteiger partial charge in [-0.05, 0) is 61.6 Å². The molecule has 2 aromatic heterocycles. The number of benzene rings is 1. The van der Waals surface area contributed by atoms with Gasteiger partial charge in [0, 0.05) is 33.9 Å². The van der Waals surface area contributed by atoms with Crippen LogP contribution >= 0.6 is 11.6 Å². The van der Waals surface area contributed by atoms with Crippen molar-refractivity contribution < 1.29 is 4.74 Å². The van der Waals surface area contributed by atoms with Crippen LogP contribution in [0.3, 0.4) is 0 Å². The number of nitrogens with zero attached hydrogens (tertiary/aromatic N) is 2. The van der Waals surface area contributed by atoms with Gasteiger partial charge in [-0.15, -0.1) is 0 Å². The summed E-state index contributed by atoms with van der Waals surface area (Å²) < 4.78 is 5.96. The van der Waals surface area contributed by atoms with Gasteiger partial charge in [-0.3, -0.25) is 4.98 Å². The molecule has 142 valence electrons. The molecule has 5 heteroatoms. The fraction of sp³-hybridized carbons (Fsp3) is 0.364. The first-order valence-electron chi connectivity index (χ1n) is 9.32. The Kier molecular flexibility index (Phi) is 6.30. The van der Waals surface area contributed by atoms with Crippen LogP contribution in [-0.2, 0) is 0 Å². The number of aromatic nitrogens is 2. The third kappa shape index (κ3) is 4.76. The Bertz CT molecular complexity index is 929. The minimum Gasteiger partial charge on any atom is -0.477 e. The monoisotopic (exact) mass is 383 g/mol. The summed E-state index contributed by atoms with van der Waals surface area (Å²) in [5.41, 5.74) is 9.73. The molecule has 0 aliphatic rings. The molecule has 2 heterocycles. The van der Waals surface area contributed by atoms with Crippen molar-refractivity contribution in [3.63, 3.8) is 0 Å². The lowest BCUT2D eigenvalue weighted by atomic mass is 9.98. The Morgan fingerprint density at radius 3 is 2.67 bits per heavy atom. The number of aryl methyl sites for hydroxylation is 1. The second kappa shape index (κ2) is 8.68. The highest BCUT2D eigenvalue weighted by Crippen LogP contribution is 2.30. The van der Waals surface area contributed by atoms with Gasteiger partial charge < -0.3 is 10.5 Å². The van der Waals surface area contributed by atoms with Gasteiger partial charge in [0.2, 0.25) is 5.88 Å². The first kappa shape index (κ1) is 19.6. The zero-order chi connectivity index (χ0) is 19.4. The van der Waals surface area contributed by atoms with Crippen LogP contribution in [0.15, 0.2) is 42.7 Å². The maximum absolute atomic E-state index is 6.09. The van der Waals surface area contributed by atoms with Crippen LogP contribution in [0.25, 0.3) is 22.0 Å². The van der Waals surface area contributed by atoms with Crippen molar-refractivity contribution in [1.82, 2.24) is 9.97 Å². The molecule has 0 fully saturated rings. The maximum atomic E-state index is 6.09. The number of pyridine rings is 2. The Morgan fingerprint density at radius 2 is 1.93 bits per heavy atom. The number of rotatable bonds is 7. The average Bonchev–Trinajstić information content (AvgIpc) is 2.66. The number of fused-ring (bicyclic) bond motifs is 1. The van der Waals surface area contributed by atoms with E-state index < -0.39 is 0 Å². The summed E-state index contributed by atoms with van der Waals surface area (Å²) in [5, 5.41) is 1.74. The third-order valence-corrected chi connectivity index (χ3v) is 4.99. The lowest BCUT2D eigenvalue weighted by Gasteiger charge is -2.17. The predicted octanol–water partition coefficient (Wildman–Crippen LogP) is 5.26. The van der Waals surface area contributed by atoms with E-state index in [-0.39, 0.29) is 0 Å². The molecule has 4 nitrogen and oxygen atoms in total. The van der Waals surface area contributed by atoms with Gasteiger partial charge in [-0.25, -0.2) is 4.98 Å². The lowest BCUT2D eigenvalue weighted by Crippen LogP contribution is -2.18. The molecule has 0 amide bonds. The topological polar surface area (TPSA) is 61.0 Å². The Labute approximate surface area is 165 Å². The van der Waals surface area contributed by atoms with Gasteiger partial charge in [0.15, 0.2) is 0 Å². The van der Waals surface area contributed by atoms with Crippen LogP contribution in [-0.4, -0.2) is 23.1 Å². The Morgan fingerprint density at radius 1 is 1.11 bits per heavy atom. The second-order valence-electron chi connectivity index (χ2n) is 7.36. The Hall–Kier alpha value is -2.17. The molecule has 2 atom stereocenters. The quantitative estimate of drug-likeness (QED) is 0.604. The summed E-state index contributed by atoms with van der Waals surface area (Å²) in [6.45, 7) is 7.74. The predicted molar refractivity (Wildman–Crippen MR) is 112 cm³/mol. The van der Waals surface area contributed by atoms with Gasteiger partial charge in [0.05, 0.1) is 12.1 Å². The first-order chi connectivity index (χ1) is 13.0. The molecule has 0 saturated heterocycles. The normalized spacial score (nSPS) is 13.5. The average molecular weight is 384 g/mol. The SMILES string of the molecule is Cc1cc(-c2ccnc3cc(Cl)ccc23)cnc1OCC(C)CC(C)CN. The summed E-state index contributed by atoms with van der Waals surface area (Å²) in [4.78, 5) is 8.97. The first-order valence-corrected chi connectivity index (χ1v) is 9.70. The number of ether oxygens (including phenoxy) is 1. The van der Waals surface area contributed by atoms with E-state index in [9.17, 15) is 0 Å². The molecular weight excluding hydrogens is 358 g/mol. The van der Waals surface area contributed by atoms with Gasteiger partial charge in [-0.2, -0.15) is 0 Å². The second-order valence-corrected chi connectivity index (χ2v) is 7.80. The summed E-state index contributed by atoms with van der Waals surface area (Å²) in [6, 6.07) is 9.88.